The number of Topliss-reactive ketones (excluding diaryl/α,β-unsaturated/α-hetero) is 1. The van der Waals surface area contributed by atoms with Crippen LogP contribution < -0.4 is 0 Å². The third-order valence-electron chi connectivity index (χ3n) is 9.80. The molecular weight excluding hydrogens is 655 g/mol. The van der Waals surface area contributed by atoms with E-state index >= 15 is 0 Å². The summed E-state index contributed by atoms with van der Waals surface area (Å²) in [7, 11) is 0. The van der Waals surface area contributed by atoms with Gasteiger partial charge in [-0.15, -0.1) is 5.10 Å². The lowest BCUT2D eigenvalue weighted by Gasteiger charge is -2.36. The molecule has 7 rings (SSSR count). The molecule has 0 saturated carbocycles. The number of aryl methyl sites for hydroxylation is 1. The van der Waals surface area contributed by atoms with Crippen molar-refractivity contribution >= 4 is 5.78 Å². The molecule has 0 N–H and O–H groups in total. The molecule has 0 radical (unpaired) electrons. The molecule has 262 valence electrons. The van der Waals surface area contributed by atoms with Gasteiger partial charge >= 0.3 is 0 Å². The molecule has 0 amide bonds. The lowest BCUT2D eigenvalue weighted by atomic mass is 9.77. The number of nitrogens with zero attached hydrogens (tertiary/aromatic N) is 7. The van der Waals surface area contributed by atoms with E-state index in [9.17, 15) is 10.1 Å². The molecule has 7 aromatic rings. The Bertz CT molecular complexity index is 2260. The molecule has 2 heterocycles. The summed E-state index contributed by atoms with van der Waals surface area (Å²) in [6.45, 7) is 6.28. The first-order chi connectivity index (χ1) is 26.0. The number of hydrogen-bond donors (Lipinski definition) is 0. The molecule has 0 aliphatic rings. The fraction of sp³-hybridized carbons (Fsp3) is 0.200. The highest BCUT2D eigenvalue weighted by atomic mass is 16.1. The van der Waals surface area contributed by atoms with E-state index in [0.29, 0.717) is 24.5 Å². The van der Waals surface area contributed by atoms with Gasteiger partial charge in [0.15, 0.2) is 17.3 Å². The van der Waals surface area contributed by atoms with Crippen molar-refractivity contribution in [2.24, 2.45) is 5.92 Å². The first kappa shape index (κ1) is 35.0. The number of carbonyl (C=O) groups excluding carboxylic acids is 1. The Labute approximate surface area is 310 Å². The lowest BCUT2D eigenvalue weighted by Crippen LogP contribution is -2.39. The summed E-state index contributed by atoms with van der Waals surface area (Å²) in [5.74, 6) is 1.07. The van der Waals surface area contributed by atoms with E-state index < -0.39 is 5.54 Å². The molecule has 2 aromatic heterocycles. The van der Waals surface area contributed by atoms with Gasteiger partial charge in [0, 0.05) is 24.4 Å². The summed E-state index contributed by atoms with van der Waals surface area (Å²) in [6, 6.07) is 49.9. The molecule has 0 aliphatic carbocycles. The van der Waals surface area contributed by atoms with Gasteiger partial charge in [-0.2, -0.15) is 5.26 Å². The van der Waals surface area contributed by atoms with Crippen molar-refractivity contribution in [1.82, 2.24) is 29.8 Å². The minimum Gasteiger partial charge on any atom is -0.320 e. The SMILES string of the molecule is CCCCc1nc(C#N)c(C(=O)C(C)C)n1Cc1ccc(-c2ccccc2-c2nnnn2C(c2ccccc2)(c2ccccc2)c2ccccc2)cc1. The van der Waals surface area contributed by atoms with Crippen LogP contribution in [-0.4, -0.2) is 35.5 Å². The molecule has 53 heavy (non-hydrogen) atoms. The number of ketones is 1. The van der Waals surface area contributed by atoms with Crippen LogP contribution >= 0.6 is 0 Å². The van der Waals surface area contributed by atoms with Crippen LogP contribution in [-0.2, 0) is 18.5 Å². The molecule has 0 aliphatic heterocycles. The third kappa shape index (κ3) is 6.58. The van der Waals surface area contributed by atoms with Crippen LogP contribution in [0.5, 0.6) is 0 Å². The van der Waals surface area contributed by atoms with Crippen LogP contribution in [0.3, 0.4) is 0 Å². The zero-order valence-electron chi connectivity index (χ0n) is 30.2. The summed E-state index contributed by atoms with van der Waals surface area (Å²) in [5, 5.41) is 23.7. The highest BCUT2D eigenvalue weighted by molar-refractivity contribution is 5.98. The maximum absolute atomic E-state index is 13.4. The van der Waals surface area contributed by atoms with Crippen LogP contribution in [0, 0.1) is 17.2 Å². The third-order valence-corrected chi connectivity index (χ3v) is 9.80. The highest BCUT2D eigenvalue weighted by Gasteiger charge is 2.42. The van der Waals surface area contributed by atoms with Crippen LogP contribution in [0.15, 0.2) is 140 Å². The molecule has 0 saturated heterocycles. The van der Waals surface area contributed by atoms with E-state index in [4.69, 9.17) is 10.3 Å². The van der Waals surface area contributed by atoms with Gasteiger partial charge in [0.05, 0.1) is 0 Å². The van der Waals surface area contributed by atoms with Crippen LogP contribution in [0.25, 0.3) is 22.5 Å². The smallest absolute Gasteiger partial charge is 0.184 e. The number of imidazole rings is 1. The Morgan fingerprint density at radius 3 is 1.83 bits per heavy atom. The van der Waals surface area contributed by atoms with Crippen molar-refractivity contribution in [3.05, 3.63) is 179 Å². The number of rotatable bonds is 13. The molecule has 0 atom stereocenters. The number of unbranched alkanes of at least 4 members (excludes halogenated alkanes) is 1. The van der Waals surface area contributed by atoms with E-state index in [-0.39, 0.29) is 17.4 Å². The van der Waals surface area contributed by atoms with Crippen LogP contribution in [0.1, 0.15) is 77.9 Å². The van der Waals surface area contributed by atoms with Gasteiger partial charge in [-0.1, -0.05) is 167 Å². The van der Waals surface area contributed by atoms with E-state index in [1.54, 1.807) is 0 Å². The normalized spacial score (nSPS) is 11.5. The molecule has 0 unspecified atom stereocenters. The number of tetrazole rings is 1. The van der Waals surface area contributed by atoms with E-state index in [2.05, 4.69) is 132 Å². The fourth-order valence-corrected chi connectivity index (χ4v) is 7.18. The lowest BCUT2D eigenvalue weighted by molar-refractivity contribution is 0.0929. The Balaban J connectivity index is 1.33. The maximum Gasteiger partial charge on any atom is 0.184 e. The number of aromatic nitrogens is 6. The second kappa shape index (κ2) is 15.4. The van der Waals surface area contributed by atoms with Crippen molar-refractivity contribution in [2.45, 2.75) is 52.1 Å². The first-order valence-corrected chi connectivity index (χ1v) is 18.1. The second-order valence-electron chi connectivity index (χ2n) is 13.5. The van der Waals surface area contributed by atoms with Gasteiger partial charge in [0.25, 0.3) is 0 Å². The van der Waals surface area contributed by atoms with Gasteiger partial charge < -0.3 is 4.57 Å². The van der Waals surface area contributed by atoms with Crippen LogP contribution in [0.2, 0.25) is 0 Å². The molecule has 0 bridgehead atoms. The number of benzene rings is 5. The summed E-state index contributed by atoms with van der Waals surface area (Å²) in [4.78, 5) is 18.0. The Morgan fingerprint density at radius 1 is 0.755 bits per heavy atom. The van der Waals surface area contributed by atoms with Crippen molar-refractivity contribution in [1.29, 1.82) is 5.26 Å². The van der Waals surface area contributed by atoms with Crippen molar-refractivity contribution in [3.63, 3.8) is 0 Å². The molecule has 8 heteroatoms. The maximum atomic E-state index is 13.4. The highest BCUT2D eigenvalue weighted by Crippen LogP contribution is 2.43. The first-order valence-electron chi connectivity index (χ1n) is 18.1. The van der Waals surface area contributed by atoms with E-state index in [1.807, 2.05) is 53.4 Å². The monoisotopic (exact) mass is 695 g/mol. The van der Waals surface area contributed by atoms with Crippen LogP contribution in [0.4, 0.5) is 0 Å². The standard InChI is InChI=1S/C45H41N7O/c1-4-5-25-41-47-40(30-46)42(43(53)32(2)3)51(41)31-33-26-28-34(29-27-33)38-23-15-16-24-39(38)44-48-49-50-52(44)45(35-17-9-6-10-18-35,36-19-11-7-12-20-36)37-21-13-8-14-22-37/h6-24,26-29,32H,4-5,25,31H2,1-3H3. The number of hydrogen-bond acceptors (Lipinski definition) is 6. The molecular formula is C45H41N7O. The summed E-state index contributed by atoms with van der Waals surface area (Å²) in [5.41, 5.74) is 6.67. The van der Waals surface area contributed by atoms with Gasteiger partial charge in [-0.25, -0.2) is 9.67 Å². The van der Waals surface area contributed by atoms with Gasteiger partial charge in [0.2, 0.25) is 0 Å². The average Bonchev–Trinajstić information content (AvgIpc) is 3.84. The zero-order chi connectivity index (χ0) is 36.8. The number of nitriles is 1. The van der Waals surface area contributed by atoms with Gasteiger partial charge in [-0.3, -0.25) is 4.79 Å². The predicted molar refractivity (Wildman–Crippen MR) is 207 cm³/mol. The summed E-state index contributed by atoms with van der Waals surface area (Å²) >= 11 is 0. The van der Waals surface area contributed by atoms with E-state index in [0.717, 1.165) is 57.6 Å². The number of carbonyl (C=O) groups is 1. The quantitative estimate of drug-likeness (QED) is 0.0881. The Hall–Kier alpha value is -6.46. The summed E-state index contributed by atoms with van der Waals surface area (Å²) < 4.78 is 3.90. The molecule has 0 fully saturated rings. The predicted octanol–water partition coefficient (Wildman–Crippen LogP) is 9.15. The Morgan fingerprint density at radius 2 is 1.30 bits per heavy atom. The second-order valence-corrected chi connectivity index (χ2v) is 13.5. The molecule has 5 aromatic carbocycles. The average molecular weight is 696 g/mol. The van der Waals surface area contributed by atoms with Gasteiger partial charge in [0.1, 0.15) is 23.1 Å². The van der Waals surface area contributed by atoms with E-state index in [1.165, 1.54) is 0 Å². The van der Waals surface area contributed by atoms with Gasteiger partial charge in [-0.05, 0) is 50.2 Å². The minimum absolute atomic E-state index is 0.0716. The topological polar surface area (TPSA) is 102 Å². The Kier molecular flexibility index (Phi) is 10.2. The fourth-order valence-electron chi connectivity index (χ4n) is 7.18. The van der Waals surface area contributed by atoms with Crippen molar-refractivity contribution in [3.8, 4) is 28.6 Å². The minimum atomic E-state index is -0.882. The zero-order valence-corrected chi connectivity index (χ0v) is 30.2. The molecule has 8 nitrogen and oxygen atoms in total. The summed E-state index contributed by atoms with van der Waals surface area (Å²) in [6.07, 6.45) is 2.61. The molecule has 0 spiro atoms. The van der Waals surface area contributed by atoms with Crippen molar-refractivity contribution in [2.75, 3.05) is 0 Å². The largest absolute Gasteiger partial charge is 0.320 e. The van der Waals surface area contributed by atoms with Crippen molar-refractivity contribution < 1.29 is 4.79 Å².